The third kappa shape index (κ3) is 5.25. The number of aliphatic carboxylic acids is 1. The molecule has 1 fully saturated rings. The molecule has 0 bridgehead atoms. The summed E-state index contributed by atoms with van der Waals surface area (Å²) in [5.41, 5.74) is 0.416. The maximum absolute atomic E-state index is 13.4. The van der Waals surface area contributed by atoms with E-state index in [2.05, 4.69) is 5.32 Å². The first-order chi connectivity index (χ1) is 18.5. The Morgan fingerprint density at radius 2 is 1.82 bits per heavy atom. The number of imidazole rings is 1. The summed E-state index contributed by atoms with van der Waals surface area (Å²) in [6.07, 6.45) is 0.885. The number of hydrogen-bond acceptors (Lipinski definition) is 6. The summed E-state index contributed by atoms with van der Waals surface area (Å²) in [6.45, 7) is 3.20. The van der Waals surface area contributed by atoms with Crippen LogP contribution in [-0.4, -0.2) is 60.3 Å². The quantitative estimate of drug-likeness (QED) is 0.323. The molecule has 2 atom stereocenters. The highest BCUT2D eigenvalue weighted by Crippen LogP contribution is 2.29. The van der Waals surface area contributed by atoms with E-state index >= 15 is 0 Å². The number of nitrogens with zero attached hydrogens (tertiary/aromatic N) is 4. The van der Waals surface area contributed by atoms with Crippen LogP contribution in [0.15, 0.2) is 71.7 Å². The number of fused-ring (bicyclic) bond motifs is 1. The van der Waals surface area contributed by atoms with E-state index in [0.717, 1.165) is 11.1 Å². The van der Waals surface area contributed by atoms with Gasteiger partial charge in [-0.3, -0.25) is 18.6 Å². The number of hydrogen-bond donors (Lipinski definition) is 3. The molecule has 0 spiro atoms. The van der Waals surface area contributed by atoms with Crippen molar-refractivity contribution in [3.8, 4) is 11.3 Å². The smallest absolute Gasteiger partial charge is 0.328 e. The third-order valence-corrected chi connectivity index (χ3v) is 7.12. The van der Waals surface area contributed by atoms with Crippen LogP contribution >= 0.6 is 11.6 Å². The van der Waals surface area contributed by atoms with Crippen molar-refractivity contribution in [1.82, 2.24) is 19.3 Å². The minimum absolute atomic E-state index is 0.0801. The Balaban J connectivity index is 1.65. The van der Waals surface area contributed by atoms with Crippen molar-refractivity contribution in [3.05, 3.63) is 87.8 Å². The standard InChI is InChI=1S/C28H28ClN5O5/c1-28(2,26(38)39)31-25(37)22-12-20(35)15-32(22)23-13-24(36)34-16-21(18-8-10-19(29)11-9-18)30-27(34)33(23)14-17-6-4-3-5-7-17/h3-11,13,16,20,22,35H,12,14-15H2,1-2H3,(H,31,37)(H,38,39)/t20-,22+/m1/s1. The minimum Gasteiger partial charge on any atom is -0.480 e. The summed E-state index contributed by atoms with van der Waals surface area (Å²) in [5.74, 6) is -0.981. The molecule has 1 saturated heterocycles. The van der Waals surface area contributed by atoms with Gasteiger partial charge in [-0.1, -0.05) is 54.1 Å². The van der Waals surface area contributed by atoms with Crippen LogP contribution in [0.5, 0.6) is 0 Å². The summed E-state index contributed by atoms with van der Waals surface area (Å²) < 4.78 is 3.28. The minimum atomic E-state index is -1.51. The predicted octanol–water partition coefficient (Wildman–Crippen LogP) is 2.78. The largest absolute Gasteiger partial charge is 0.480 e. The van der Waals surface area contributed by atoms with E-state index in [1.54, 1.807) is 23.2 Å². The number of β-amino-alcohol motifs (C(OH)–C–C–N with tert-alkyl or cyclic N) is 1. The second-order valence-corrected chi connectivity index (χ2v) is 10.6. The maximum atomic E-state index is 13.4. The van der Waals surface area contributed by atoms with Gasteiger partial charge in [0.2, 0.25) is 11.7 Å². The molecule has 202 valence electrons. The fourth-order valence-electron chi connectivity index (χ4n) is 4.76. The van der Waals surface area contributed by atoms with Gasteiger partial charge in [0, 0.05) is 35.8 Å². The number of rotatable bonds is 7. The molecule has 5 rings (SSSR count). The number of aliphatic hydroxyl groups excluding tert-OH is 1. The number of aliphatic hydroxyl groups is 1. The molecule has 0 aliphatic carbocycles. The number of carboxylic acids is 1. The highest BCUT2D eigenvalue weighted by Gasteiger charge is 2.41. The van der Waals surface area contributed by atoms with Crippen molar-refractivity contribution in [2.24, 2.45) is 0 Å². The third-order valence-electron chi connectivity index (χ3n) is 6.87. The lowest BCUT2D eigenvalue weighted by Gasteiger charge is -2.31. The second-order valence-electron chi connectivity index (χ2n) is 10.2. The lowest BCUT2D eigenvalue weighted by molar-refractivity contribution is -0.146. The van der Waals surface area contributed by atoms with Crippen LogP contribution in [0.25, 0.3) is 17.0 Å². The second kappa shape index (κ2) is 10.2. The molecule has 10 nitrogen and oxygen atoms in total. The van der Waals surface area contributed by atoms with Crippen LogP contribution in [0.3, 0.4) is 0 Å². The monoisotopic (exact) mass is 549 g/mol. The van der Waals surface area contributed by atoms with Gasteiger partial charge in [-0.2, -0.15) is 0 Å². The van der Waals surface area contributed by atoms with Crippen LogP contribution < -0.4 is 15.8 Å². The fourth-order valence-corrected chi connectivity index (χ4v) is 4.89. The van der Waals surface area contributed by atoms with E-state index in [1.807, 2.05) is 47.0 Å². The van der Waals surface area contributed by atoms with Crippen LogP contribution in [0.1, 0.15) is 25.8 Å². The topological polar surface area (TPSA) is 129 Å². The Labute approximate surface area is 229 Å². The number of carboxylic acid groups (broad SMARTS) is 1. The number of nitrogens with one attached hydrogen (secondary N) is 1. The molecule has 0 radical (unpaired) electrons. The van der Waals surface area contributed by atoms with Gasteiger partial charge < -0.3 is 20.4 Å². The zero-order chi connectivity index (χ0) is 27.9. The van der Waals surface area contributed by atoms with E-state index in [-0.39, 0.29) is 18.5 Å². The number of anilines is 1. The fraction of sp³-hybridized carbons (Fsp3) is 0.286. The molecule has 1 aliphatic rings. The van der Waals surface area contributed by atoms with E-state index in [0.29, 0.717) is 28.9 Å². The Hall–Kier alpha value is -4.15. The molecule has 4 aromatic rings. The number of halogens is 1. The van der Waals surface area contributed by atoms with E-state index in [4.69, 9.17) is 16.6 Å². The lowest BCUT2D eigenvalue weighted by atomic mass is 10.0. The summed E-state index contributed by atoms with van der Waals surface area (Å²) >= 11 is 6.05. The Morgan fingerprint density at radius 1 is 1.13 bits per heavy atom. The molecule has 0 saturated carbocycles. The van der Waals surface area contributed by atoms with Crippen molar-refractivity contribution in [2.75, 3.05) is 11.4 Å². The van der Waals surface area contributed by atoms with Crippen molar-refractivity contribution >= 4 is 35.1 Å². The maximum Gasteiger partial charge on any atom is 0.328 e. The van der Waals surface area contributed by atoms with Gasteiger partial charge in [0.05, 0.1) is 18.3 Å². The normalized spacial score (nSPS) is 17.5. The molecular weight excluding hydrogens is 522 g/mol. The van der Waals surface area contributed by atoms with Crippen molar-refractivity contribution in [3.63, 3.8) is 0 Å². The molecular formula is C28H28ClN5O5. The first-order valence-electron chi connectivity index (χ1n) is 12.5. The van der Waals surface area contributed by atoms with Crippen LogP contribution in [0.4, 0.5) is 5.82 Å². The summed E-state index contributed by atoms with van der Waals surface area (Å²) in [7, 11) is 0. The first kappa shape index (κ1) is 26.5. The zero-order valence-electron chi connectivity index (χ0n) is 21.4. The van der Waals surface area contributed by atoms with Crippen LogP contribution in [0.2, 0.25) is 5.02 Å². The Kier molecular flexibility index (Phi) is 6.92. The first-order valence-corrected chi connectivity index (χ1v) is 12.8. The predicted molar refractivity (Wildman–Crippen MR) is 147 cm³/mol. The Morgan fingerprint density at radius 3 is 2.49 bits per heavy atom. The van der Waals surface area contributed by atoms with Crippen molar-refractivity contribution < 1.29 is 19.8 Å². The SMILES string of the molecule is CC(C)(NC(=O)[C@@H]1C[C@@H](O)CN1c1cc(=O)n2cc(-c3ccc(Cl)cc3)nc2n1Cc1ccccc1)C(=O)O. The van der Waals surface area contributed by atoms with Gasteiger partial charge in [-0.15, -0.1) is 0 Å². The van der Waals surface area contributed by atoms with Gasteiger partial charge in [0.15, 0.2) is 0 Å². The highest BCUT2D eigenvalue weighted by molar-refractivity contribution is 6.30. The summed E-state index contributed by atoms with van der Waals surface area (Å²) in [6, 6.07) is 17.3. The number of carbonyl (C=O) groups excluding carboxylic acids is 1. The number of carbonyl (C=O) groups is 2. The van der Waals surface area contributed by atoms with Gasteiger partial charge in [0.25, 0.3) is 5.56 Å². The molecule has 2 aromatic heterocycles. The summed E-state index contributed by atoms with van der Waals surface area (Å²) in [4.78, 5) is 44.7. The summed E-state index contributed by atoms with van der Waals surface area (Å²) in [5, 5.41) is 23.2. The highest BCUT2D eigenvalue weighted by atomic mass is 35.5. The van der Waals surface area contributed by atoms with Gasteiger partial charge in [-0.05, 0) is 31.5 Å². The van der Waals surface area contributed by atoms with Gasteiger partial charge in [-0.25, -0.2) is 9.78 Å². The molecule has 1 aliphatic heterocycles. The molecule has 3 N–H and O–H groups in total. The average molecular weight is 550 g/mol. The molecule has 2 aromatic carbocycles. The van der Waals surface area contributed by atoms with Crippen LogP contribution in [0, 0.1) is 0 Å². The zero-order valence-corrected chi connectivity index (χ0v) is 22.2. The number of benzene rings is 2. The molecule has 0 unspecified atom stereocenters. The van der Waals surface area contributed by atoms with Crippen LogP contribution in [-0.2, 0) is 16.1 Å². The molecule has 3 heterocycles. The van der Waals surface area contributed by atoms with E-state index < -0.39 is 29.6 Å². The van der Waals surface area contributed by atoms with Crippen molar-refractivity contribution in [1.29, 1.82) is 0 Å². The Bertz CT molecular complexity index is 1600. The van der Waals surface area contributed by atoms with Crippen molar-refractivity contribution in [2.45, 2.75) is 44.5 Å². The number of aromatic nitrogens is 3. The molecule has 39 heavy (non-hydrogen) atoms. The van der Waals surface area contributed by atoms with Gasteiger partial charge in [0.1, 0.15) is 17.4 Å². The molecule has 11 heteroatoms. The van der Waals surface area contributed by atoms with Gasteiger partial charge >= 0.3 is 5.97 Å². The molecule has 1 amide bonds. The lowest BCUT2D eigenvalue weighted by Crippen LogP contribution is -2.55. The van der Waals surface area contributed by atoms with E-state index in [1.165, 1.54) is 24.3 Å². The van der Waals surface area contributed by atoms with E-state index in [9.17, 15) is 24.6 Å². The number of amides is 1. The average Bonchev–Trinajstić information content (AvgIpc) is 3.51.